The van der Waals surface area contributed by atoms with Crippen LogP contribution in [0, 0.1) is 0 Å². The van der Waals surface area contributed by atoms with Crippen LogP contribution in [0.3, 0.4) is 0 Å². The molecule has 0 amide bonds. The average Bonchev–Trinajstić information content (AvgIpc) is 3.87. The van der Waals surface area contributed by atoms with E-state index in [9.17, 15) is 0 Å². The van der Waals surface area contributed by atoms with Gasteiger partial charge in [0.25, 0.3) is 0 Å². The number of furan rings is 1. The molecule has 11 aromatic rings. The first-order chi connectivity index (χ1) is 25.3. The minimum atomic E-state index is 0.600. The molecule has 0 N–H and O–H groups in total. The van der Waals surface area contributed by atoms with E-state index in [0.717, 1.165) is 44.3 Å². The van der Waals surface area contributed by atoms with Gasteiger partial charge in [0.1, 0.15) is 11.2 Å². The summed E-state index contributed by atoms with van der Waals surface area (Å²) in [6.07, 6.45) is 0. The van der Waals surface area contributed by atoms with E-state index < -0.39 is 0 Å². The fourth-order valence-electron chi connectivity index (χ4n) is 7.48. The molecule has 0 aliphatic carbocycles. The van der Waals surface area contributed by atoms with Crippen molar-refractivity contribution in [3.05, 3.63) is 158 Å². The highest BCUT2D eigenvalue weighted by Crippen LogP contribution is 2.43. The number of hydrogen-bond acceptors (Lipinski definition) is 5. The van der Waals surface area contributed by atoms with Gasteiger partial charge in [-0.05, 0) is 36.4 Å². The van der Waals surface area contributed by atoms with Crippen molar-refractivity contribution >= 4 is 75.3 Å². The summed E-state index contributed by atoms with van der Waals surface area (Å²) in [6.45, 7) is 0. The Hall–Kier alpha value is -6.63. The largest absolute Gasteiger partial charge is 0.456 e. The van der Waals surface area contributed by atoms with E-state index in [-0.39, 0.29) is 0 Å². The van der Waals surface area contributed by atoms with Gasteiger partial charge in [0, 0.05) is 65.5 Å². The smallest absolute Gasteiger partial charge is 0.164 e. The van der Waals surface area contributed by atoms with Crippen molar-refractivity contribution in [2.24, 2.45) is 0 Å². The highest BCUT2D eigenvalue weighted by Gasteiger charge is 2.19. The standard InChI is InChI=1S/C45H26N4OS/c1-3-11-27(12-4-1)43-46-44(28-13-5-2-6-14-28)48-45(47-43)29-19-21-32-33-22-20-30(26-39(33)50-38(32)25-29)49-37-17-9-7-15-31(37)35-23-24-36-34-16-8-10-18-40(34)51-42(36)41(35)49/h1-26H. The quantitative estimate of drug-likeness (QED) is 0.187. The predicted octanol–water partition coefficient (Wildman–Crippen LogP) is 12.2. The summed E-state index contributed by atoms with van der Waals surface area (Å²) >= 11 is 1.86. The Labute approximate surface area is 295 Å². The minimum Gasteiger partial charge on any atom is -0.456 e. The van der Waals surface area contributed by atoms with Crippen molar-refractivity contribution in [3.8, 4) is 39.9 Å². The molecule has 0 aliphatic heterocycles. The topological polar surface area (TPSA) is 56.7 Å². The Morgan fingerprint density at radius 3 is 1.75 bits per heavy atom. The van der Waals surface area contributed by atoms with Crippen molar-refractivity contribution in [1.29, 1.82) is 0 Å². The van der Waals surface area contributed by atoms with Gasteiger partial charge in [0.15, 0.2) is 17.5 Å². The zero-order valence-electron chi connectivity index (χ0n) is 27.1. The van der Waals surface area contributed by atoms with Crippen LogP contribution < -0.4 is 0 Å². The average molecular weight is 671 g/mol. The molecule has 7 aromatic carbocycles. The number of aromatic nitrogens is 4. The van der Waals surface area contributed by atoms with E-state index in [1.54, 1.807) is 0 Å². The summed E-state index contributed by atoms with van der Waals surface area (Å²) in [5.41, 5.74) is 7.83. The van der Waals surface area contributed by atoms with Crippen molar-refractivity contribution in [2.45, 2.75) is 0 Å². The summed E-state index contributed by atoms with van der Waals surface area (Å²) in [7, 11) is 0. The second kappa shape index (κ2) is 10.9. The van der Waals surface area contributed by atoms with Gasteiger partial charge in [-0.2, -0.15) is 0 Å². The molecular weight excluding hydrogens is 645 g/mol. The zero-order valence-corrected chi connectivity index (χ0v) is 27.9. The SMILES string of the molecule is c1ccc(-c2nc(-c3ccccc3)nc(-c3ccc4c(c3)oc3cc(-n5c6ccccc6c6ccc7c8ccccc8sc7c65)ccc34)n2)cc1. The van der Waals surface area contributed by atoms with Gasteiger partial charge in [0.2, 0.25) is 0 Å². The molecular formula is C45H26N4OS. The van der Waals surface area contributed by atoms with Crippen LogP contribution in [0.1, 0.15) is 0 Å². The third kappa shape index (κ3) is 4.37. The molecule has 4 aromatic heterocycles. The number of benzene rings is 7. The number of para-hydroxylation sites is 1. The molecule has 238 valence electrons. The predicted molar refractivity (Wildman–Crippen MR) is 211 cm³/mol. The normalized spacial score (nSPS) is 11.9. The molecule has 0 unspecified atom stereocenters. The van der Waals surface area contributed by atoms with Crippen LogP contribution in [0.4, 0.5) is 0 Å². The lowest BCUT2D eigenvalue weighted by molar-refractivity contribution is 0.668. The van der Waals surface area contributed by atoms with Crippen molar-refractivity contribution in [2.75, 3.05) is 0 Å². The lowest BCUT2D eigenvalue weighted by atomic mass is 10.1. The first-order valence-electron chi connectivity index (χ1n) is 16.9. The molecule has 5 nitrogen and oxygen atoms in total. The Kier molecular flexibility index (Phi) is 6.05. The maximum atomic E-state index is 6.66. The van der Waals surface area contributed by atoms with Crippen molar-refractivity contribution in [3.63, 3.8) is 0 Å². The molecule has 0 aliphatic rings. The summed E-state index contributed by atoms with van der Waals surface area (Å²) in [6, 6.07) is 54.9. The maximum absolute atomic E-state index is 6.66. The Bertz CT molecular complexity index is 3080. The molecule has 4 heterocycles. The van der Waals surface area contributed by atoms with E-state index in [2.05, 4.69) is 102 Å². The van der Waals surface area contributed by atoms with E-state index in [0.29, 0.717) is 17.5 Å². The summed E-state index contributed by atoms with van der Waals surface area (Å²) in [5, 5.41) is 7.19. The lowest BCUT2D eigenvalue weighted by Gasteiger charge is -2.08. The van der Waals surface area contributed by atoms with Crippen molar-refractivity contribution < 1.29 is 4.42 Å². The lowest BCUT2D eigenvalue weighted by Crippen LogP contribution is -2.00. The van der Waals surface area contributed by atoms with Crippen LogP contribution >= 0.6 is 11.3 Å². The zero-order chi connectivity index (χ0) is 33.5. The van der Waals surface area contributed by atoms with Gasteiger partial charge in [-0.15, -0.1) is 11.3 Å². The Balaban J connectivity index is 1.09. The monoisotopic (exact) mass is 670 g/mol. The first-order valence-corrected chi connectivity index (χ1v) is 17.8. The summed E-state index contributed by atoms with van der Waals surface area (Å²) < 4.78 is 11.7. The van der Waals surface area contributed by atoms with Crippen LogP contribution in [0.15, 0.2) is 162 Å². The molecule has 6 heteroatoms. The van der Waals surface area contributed by atoms with Gasteiger partial charge in [-0.25, -0.2) is 15.0 Å². The summed E-state index contributed by atoms with van der Waals surface area (Å²) in [5.74, 6) is 1.86. The second-order valence-corrected chi connectivity index (χ2v) is 13.9. The highest BCUT2D eigenvalue weighted by atomic mass is 32.1. The molecule has 0 saturated heterocycles. The van der Waals surface area contributed by atoms with Gasteiger partial charge < -0.3 is 8.98 Å². The third-order valence-electron chi connectivity index (χ3n) is 9.85. The Morgan fingerprint density at radius 2 is 1.00 bits per heavy atom. The van der Waals surface area contributed by atoms with Gasteiger partial charge in [-0.3, -0.25) is 0 Å². The van der Waals surface area contributed by atoms with E-state index in [1.807, 2.05) is 72.0 Å². The van der Waals surface area contributed by atoms with Crippen molar-refractivity contribution in [1.82, 2.24) is 19.5 Å². The molecule has 0 fully saturated rings. The van der Waals surface area contributed by atoms with Gasteiger partial charge >= 0.3 is 0 Å². The highest BCUT2D eigenvalue weighted by molar-refractivity contribution is 7.26. The summed E-state index contributed by atoms with van der Waals surface area (Å²) in [4.78, 5) is 14.7. The molecule has 0 atom stereocenters. The fraction of sp³-hybridized carbons (Fsp3) is 0. The fourth-order valence-corrected chi connectivity index (χ4v) is 8.72. The Morgan fingerprint density at radius 1 is 0.431 bits per heavy atom. The van der Waals surface area contributed by atoms with E-state index in [4.69, 9.17) is 19.4 Å². The van der Waals surface area contributed by atoms with Gasteiger partial charge in [-0.1, -0.05) is 115 Å². The molecule has 0 saturated carbocycles. The number of thiophene rings is 1. The van der Waals surface area contributed by atoms with Crippen LogP contribution in [0.2, 0.25) is 0 Å². The maximum Gasteiger partial charge on any atom is 0.164 e. The van der Waals surface area contributed by atoms with E-state index in [1.165, 1.54) is 42.0 Å². The number of fused-ring (bicyclic) bond motifs is 10. The molecule has 0 spiro atoms. The van der Waals surface area contributed by atoms with Gasteiger partial charge in [0.05, 0.1) is 15.7 Å². The second-order valence-electron chi connectivity index (χ2n) is 12.8. The number of hydrogen-bond donors (Lipinski definition) is 0. The number of nitrogens with zero attached hydrogens (tertiary/aromatic N) is 4. The third-order valence-corrected chi connectivity index (χ3v) is 11.0. The molecule has 11 rings (SSSR count). The molecule has 51 heavy (non-hydrogen) atoms. The molecule has 0 bridgehead atoms. The first kappa shape index (κ1) is 28.2. The van der Waals surface area contributed by atoms with Crippen LogP contribution in [0.5, 0.6) is 0 Å². The van der Waals surface area contributed by atoms with Crippen LogP contribution in [0.25, 0.3) is 104 Å². The van der Waals surface area contributed by atoms with Crippen LogP contribution in [-0.4, -0.2) is 19.5 Å². The van der Waals surface area contributed by atoms with E-state index >= 15 is 0 Å². The molecule has 0 radical (unpaired) electrons. The minimum absolute atomic E-state index is 0.600. The number of rotatable bonds is 4. The van der Waals surface area contributed by atoms with Crippen LogP contribution in [-0.2, 0) is 0 Å².